The van der Waals surface area contributed by atoms with Gasteiger partial charge in [-0.2, -0.15) is 0 Å². The minimum Gasteiger partial charge on any atom is -0.343 e. The number of benzene rings is 3. The molecule has 0 bridgehead atoms. The van der Waals surface area contributed by atoms with Crippen molar-refractivity contribution in [1.29, 1.82) is 0 Å². The molecule has 4 heterocycles. The van der Waals surface area contributed by atoms with Crippen LogP contribution in [0.2, 0.25) is 0 Å². The van der Waals surface area contributed by atoms with Gasteiger partial charge in [0, 0.05) is 42.4 Å². The van der Waals surface area contributed by atoms with Gasteiger partial charge in [-0.1, -0.05) is 48.2 Å². The summed E-state index contributed by atoms with van der Waals surface area (Å²) >= 11 is 0. The zero-order valence-corrected chi connectivity index (χ0v) is 21.5. The van der Waals surface area contributed by atoms with Crippen molar-refractivity contribution >= 4 is 32.3 Å². The van der Waals surface area contributed by atoms with Gasteiger partial charge in [0.2, 0.25) is 0 Å². The molecule has 0 saturated carbocycles. The number of hydrogen-bond donors (Lipinski definition) is 0. The van der Waals surface area contributed by atoms with Crippen molar-refractivity contribution in [3.8, 4) is 22.5 Å². The summed E-state index contributed by atoms with van der Waals surface area (Å²) in [6.45, 7) is 0. The maximum absolute atomic E-state index is 12.9. The molecule has 1 aliphatic rings. The van der Waals surface area contributed by atoms with Gasteiger partial charge in [0.05, 0.1) is 10.8 Å². The molecule has 171 valence electrons. The molecule has 0 N–H and O–H groups in total. The maximum atomic E-state index is 12.9. The van der Waals surface area contributed by atoms with E-state index in [0.29, 0.717) is 5.03 Å². The molecule has 1 atom stereocenters. The van der Waals surface area contributed by atoms with Crippen LogP contribution in [-0.2, 0) is 30.9 Å². The second kappa shape index (κ2) is 9.96. The third kappa shape index (κ3) is 4.21. The summed E-state index contributed by atoms with van der Waals surface area (Å²) in [4.78, 5) is 13.8. The molecule has 6 heteroatoms. The van der Waals surface area contributed by atoms with E-state index in [1.54, 1.807) is 24.7 Å². The van der Waals surface area contributed by atoms with Crippen LogP contribution in [0.5, 0.6) is 0 Å². The van der Waals surface area contributed by atoms with E-state index in [2.05, 4.69) is 33.2 Å². The molecule has 3 aromatic heterocycles. The Morgan fingerprint density at radius 1 is 0.714 bits per heavy atom. The molecule has 35 heavy (non-hydrogen) atoms. The van der Waals surface area contributed by atoms with Crippen molar-refractivity contribution in [3.05, 3.63) is 116 Å². The summed E-state index contributed by atoms with van der Waals surface area (Å²) in [5.74, 6) is 0. The largest absolute Gasteiger partial charge is 0.343 e. The van der Waals surface area contributed by atoms with Crippen LogP contribution in [0.15, 0.2) is 113 Å². The summed E-state index contributed by atoms with van der Waals surface area (Å²) in [7, 11) is -1.30. The van der Waals surface area contributed by atoms with Crippen molar-refractivity contribution in [2.75, 3.05) is 0 Å². The Morgan fingerprint density at radius 3 is 2.40 bits per heavy atom. The topological polar surface area (TPSA) is 55.7 Å². The van der Waals surface area contributed by atoms with Crippen molar-refractivity contribution in [1.82, 2.24) is 15.0 Å². The van der Waals surface area contributed by atoms with Crippen LogP contribution in [-0.4, -0.2) is 19.2 Å². The van der Waals surface area contributed by atoms with E-state index in [-0.39, 0.29) is 20.1 Å². The molecule has 4 nitrogen and oxygen atoms in total. The monoisotopic (exact) mass is 648 g/mol. The first-order valence-corrected chi connectivity index (χ1v) is 11.9. The minimum absolute atomic E-state index is 0. The Kier molecular flexibility index (Phi) is 6.60. The molecule has 1 aliphatic heterocycles. The van der Waals surface area contributed by atoms with Gasteiger partial charge in [-0.05, 0) is 51.1 Å². The van der Waals surface area contributed by atoms with Crippen LogP contribution in [0, 0.1) is 12.1 Å². The van der Waals surface area contributed by atoms with Crippen LogP contribution < -0.4 is 0 Å². The SMILES string of the molecule is O=S1c2ncc[c-]c2-c2nccc3c2c1cc1ccccc13.[Ir].[c-]1ccccc1-c1ccccn1. The molecule has 0 spiro atoms. The fourth-order valence-corrected chi connectivity index (χ4v) is 5.53. The zero-order valence-electron chi connectivity index (χ0n) is 18.3. The number of fused-ring (bicyclic) bond motifs is 4. The summed E-state index contributed by atoms with van der Waals surface area (Å²) in [6.07, 6.45) is 5.21. The van der Waals surface area contributed by atoms with Gasteiger partial charge in [0.25, 0.3) is 0 Å². The quantitative estimate of drug-likeness (QED) is 0.156. The molecule has 0 saturated heterocycles. The number of rotatable bonds is 1. The molecule has 0 amide bonds. The van der Waals surface area contributed by atoms with Crippen LogP contribution in [0.4, 0.5) is 0 Å². The predicted molar refractivity (Wildman–Crippen MR) is 134 cm³/mol. The molecule has 3 aromatic carbocycles. The van der Waals surface area contributed by atoms with E-state index < -0.39 is 10.8 Å². The standard InChI is InChI=1S/C18H9N2OS.C11H8N.Ir/c21-22-15-10-11-4-1-2-5-12(11)13-7-9-19-17(16(13)15)14-6-3-8-20-18(14)22;1-2-6-10(7-3-1)11-8-4-5-9-12-11;/h1-5,7-10H;1-6,8-9H;/q2*-1;. The van der Waals surface area contributed by atoms with Crippen molar-refractivity contribution in [2.45, 2.75) is 9.92 Å². The number of pyridine rings is 3. The second-order valence-corrected chi connectivity index (χ2v) is 9.07. The number of nitrogens with zero attached hydrogens (tertiary/aromatic N) is 3. The molecule has 0 fully saturated rings. The van der Waals surface area contributed by atoms with Gasteiger partial charge in [0.15, 0.2) is 0 Å². The summed E-state index contributed by atoms with van der Waals surface area (Å²) in [6, 6.07) is 33.8. The second-order valence-electron chi connectivity index (χ2n) is 7.71. The molecule has 7 rings (SSSR count). The minimum atomic E-state index is -1.30. The Balaban J connectivity index is 0.000000167. The van der Waals surface area contributed by atoms with E-state index in [4.69, 9.17) is 0 Å². The number of hydrogen-bond acceptors (Lipinski definition) is 4. The molecular weight excluding hydrogens is 631 g/mol. The first-order valence-electron chi connectivity index (χ1n) is 10.8. The van der Waals surface area contributed by atoms with Crippen LogP contribution in [0.25, 0.3) is 44.1 Å². The van der Waals surface area contributed by atoms with Crippen LogP contribution >= 0.6 is 0 Å². The third-order valence-electron chi connectivity index (χ3n) is 5.70. The van der Waals surface area contributed by atoms with Crippen molar-refractivity contribution < 1.29 is 24.3 Å². The van der Waals surface area contributed by atoms with Gasteiger partial charge in [-0.15, -0.1) is 48.0 Å². The fraction of sp³-hybridized carbons (Fsp3) is 0. The Hall–Kier alpha value is -3.57. The first kappa shape index (κ1) is 23.2. The van der Waals surface area contributed by atoms with Gasteiger partial charge in [0.1, 0.15) is 0 Å². The average Bonchev–Trinajstić information content (AvgIpc) is 2.93. The Labute approximate surface area is 218 Å². The van der Waals surface area contributed by atoms with E-state index >= 15 is 0 Å². The third-order valence-corrected chi connectivity index (χ3v) is 7.09. The summed E-state index contributed by atoms with van der Waals surface area (Å²) in [5, 5.41) is 4.81. The first-order chi connectivity index (χ1) is 16.8. The maximum Gasteiger partial charge on any atom is 0.0601 e. The summed E-state index contributed by atoms with van der Waals surface area (Å²) < 4.78 is 12.9. The van der Waals surface area contributed by atoms with Crippen molar-refractivity contribution in [2.24, 2.45) is 0 Å². The molecule has 1 radical (unpaired) electrons. The molecular formula is C29H17IrN3OS-2. The molecule has 0 aliphatic carbocycles. The van der Waals surface area contributed by atoms with E-state index in [1.165, 1.54) is 0 Å². The smallest absolute Gasteiger partial charge is 0.0601 e. The van der Waals surface area contributed by atoms with E-state index in [0.717, 1.165) is 49.0 Å². The van der Waals surface area contributed by atoms with E-state index in [1.807, 2.05) is 72.8 Å². The van der Waals surface area contributed by atoms with Gasteiger partial charge in [-0.3, -0.25) is 4.21 Å². The summed E-state index contributed by atoms with van der Waals surface area (Å²) in [5.41, 5.74) is 3.58. The van der Waals surface area contributed by atoms with Gasteiger partial charge in [-0.25, -0.2) is 0 Å². The van der Waals surface area contributed by atoms with Crippen molar-refractivity contribution in [3.63, 3.8) is 0 Å². The van der Waals surface area contributed by atoms with E-state index in [9.17, 15) is 4.21 Å². The van der Waals surface area contributed by atoms with Crippen LogP contribution in [0.3, 0.4) is 0 Å². The zero-order chi connectivity index (χ0) is 22.9. The fourth-order valence-electron chi connectivity index (χ4n) is 4.19. The normalized spacial score (nSPS) is 13.3. The number of aromatic nitrogens is 3. The van der Waals surface area contributed by atoms with Gasteiger partial charge < -0.3 is 15.0 Å². The Bertz CT molecular complexity index is 1640. The van der Waals surface area contributed by atoms with Gasteiger partial charge >= 0.3 is 0 Å². The molecule has 6 aromatic rings. The Morgan fingerprint density at radius 2 is 1.57 bits per heavy atom. The molecule has 1 unspecified atom stereocenters. The average molecular weight is 648 g/mol. The van der Waals surface area contributed by atoms with Crippen LogP contribution in [0.1, 0.15) is 0 Å². The predicted octanol–water partition coefficient (Wildman–Crippen LogP) is 6.28.